The molecule has 2 heterocycles. The van der Waals surface area contributed by atoms with Crippen molar-refractivity contribution in [2.24, 2.45) is 0 Å². The van der Waals surface area contributed by atoms with Gasteiger partial charge in [-0.1, -0.05) is 23.7 Å². The predicted molar refractivity (Wildman–Crippen MR) is 89.6 cm³/mol. The lowest BCUT2D eigenvalue weighted by molar-refractivity contribution is 0.0525. The standard InChI is InChI=1S/C17H18ClN3O3/c1-23-15-8-9-16(20-19-15)24-12-5-4-10-21(11-12)17(22)13-6-2-3-7-14(13)18/h2-3,6-9,12H,4-5,10-11H2,1H3. The number of carbonyl (C=O) groups is 1. The minimum absolute atomic E-state index is 0.0743. The van der Waals surface area contributed by atoms with Gasteiger partial charge in [-0.05, 0) is 25.0 Å². The van der Waals surface area contributed by atoms with Gasteiger partial charge in [0.15, 0.2) is 0 Å². The highest BCUT2D eigenvalue weighted by atomic mass is 35.5. The molecule has 6 nitrogen and oxygen atoms in total. The van der Waals surface area contributed by atoms with Crippen LogP contribution in [0.1, 0.15) is 23.2 Å². The maximum absolute atomic E-state index is 12.6. The Morgan fingerprint density at radius 3 is 2.67 bits per heavy atom. The maximum atomic E-state index is 12.6. The van der Waals surface area contributed by atoms with E-state index in [9.17, 15) is 4.79 Å². The molecular weight excluding hydrogens is 330 g/mol. The zero-order valence-electron chi connectivity index (χ0n) is 13.3. The molecule has 1 aliphatic heterocycles. The molecule has 0 spiro atoms. The lowest BCUT2D eigenvalue weighted by Crippen LogP contribution is -2.44. The summed E-state index contributed by atoms with van der Waals surface area (Å²) in [6.07, 6.45) is 1.61. The molecule has 126 valence electrons. The molecule has 7 heteroatoms. The third-order valence-corrected chi connectivity index (χ3v) is 4.21. The second-order valence-corrected chi connectivity index (χ2v) is 5.93. The number of amides is 1. The van der Waals surface area contributed by atoms with E-state index in [0.717, 1.165) is 12.8 Å². The van der Waals surface area contributed by atoms with Gasteiger partial charge in [0.05, 0.1) is 24.2 Å². The number of hydrogen-bond donors (Lipinski definition) is 0. The van der Waals surface area contributed by atoms with E-state index >= 15 is 0 Å². The number of aromatic nitrogens is 2. The van der Waals surface area contributed by atoms with Crippen LogP contribution < -0.4 is 9.47 Å². The summed E-state index contributed by atoms with van der Waals surface area (Å²) in [7, 11) is 1.53. The van der Waals surface area contributed by atoms with Crippen molar-refractivity contribution in [1.82, 2.24) is 15.1 Å². The van der Waals surface area contributed by atoms with E-state index in [1.807, 2.05) is 12.1 Å². The number of halogens is 1. The highest BCUT2D eigenvalue weighted by Crippen LogP contribution is 2.22. The van der Waals surface area contributed by atoms with E-state index < -0.39 is 0 Å². The van der Waals surface area contributed by atoms with Crippen LogP contribution in [-0.2, 0) is 0 Å². The normalized spacial score (nSPS) is 17.4. The highest BCUT2D eigenvalue weighted by Gasteiger charge is 2.27. The van der Waals surface area contributed by atoms with Crippen LogP contribution >= 0.6 is 11.6 Å². The molecule has 0 saturated carbocycles. The second-order valence-electron chi connectivity index (χ2n) is 5.53. The molecule has 1 aliphatic rings. The van der Waals surface area contributed by atoms with E-state index in [4.69, 9.17) is 21.1 Å². The zero-order chi connectivity index (χ0) is 16.9. The number of methoxy groups -OCH3 is 1. The number of likely N-dealkylation sites (tertiary alicyclic amines) is 1. The molecular formula is C17H18ClN3O3. The van der Waals surface area contributed by atoms with Crippen molar-refractivity contribution in [2.75, 3.05) is 20.2 Å². The van der Waals surface area contributed by atoms with Gasteiger partial charge in [0.1, 0.15) is 6.10 Å². The van der Waals surface area contributed by atoms with Crippen molar-refractivity contribution >= 4 is 17.5 Å². The molecule has 24 heavy (non-hydrogen) atoms. The average molecular weight is 348 g/mol. The molecule has 1 fully saturated rings. The molecule has 2 aromatic rings. The van der Waals surface area contributed by atoms with Gasteiger partial charge in [-0.25, -0.2) is 0 Å². The lowest BCUT2D eigenvalue weighted by atomic mass is 10.1. The zero-order valence-corrected chi connectivity index (χ0v) is 14.1. The number of ether oxygens (including phenoxy) is 2. The molecule has 1 unspecified atom stereocenters. The fourth-order valence-corrected chi connectivity index (χ4v) is 2.89. The number of rotatable bonds is 4. The van der Waals surface area contributed by atoms with E-state index in [1.54, 1.807) is 29.2 Å². The first-order valence-corrected chi connectivity index (χ1v) is 8.13. The Balaban J connectivity index is 1.65. The number of carbonyl (C=O) groups excluding carboxylic acids is 1. The predicted octanol–water partition coefficient (Wildman–Crippen LogP) is 2.82. The SMILES string of the molecule is COc1ccc(OC2CCCN(C(=O)c3ccccc3Cl)C2)nn1. The lowest BCUT2D eigenvalue weighted by Gasteiger charge is -2.32. The second kappa shape index (κ2) is 7.49. The summed E-state index contributed by atoms with van der Waals surface area (Å²) < 4.78 is 10.8. The summed E-state index contributed by atoms with van der Waals surface area (Å²) in [6.45, 7) is 1.19. The van der Waals surface area contributed by atoms with Gasteiger partial charge in [0.25, 0.3) is 5.91 Å². The monoisotopic (exact) mass is 347 g/mol. The van der Waals surface area contributed by atoms with Gasteiger partial charge < -0.3 is 14.4 Å². The van der Waals surface area contributed by atoms with Crippen molar-refractivity contribution in [3.05, 3.63) is 47.0 Å². The smallest absolute Gasteiger partial charge is 0.255 e. The molecule has 1 amide bonds. The number of nitrogens with zero attached hydrogens (tertiary/aromatic N) is 3. The quantitative estimate of drug-likeness (QED) is 0.851. The van der Waals surface area contributed by atoms with Gasteiger partial charge in [0, 0.05) is 18.7 Å². The summed E-state index contributed by atoms with van der Waals surface area (Å²) in [6, 6.07) is 10.5. The highest BCUT2D eigenvalue weighted by molar-refractivity contribution is 6.33. The Morgan fingerprint density at radius 1 is 1.21 bits per heavy atom. The number of piperidine rings is 1. The van der Waals surface area contributed by atoms with Crippen molar-refractivity contribution in [3.8, 4) is 11.8 Å². The van der Waals surface area contributed by atoms with Crippen LogP contribution in [0.3, 0.4) is 0 Å². The molecule has 1 atom stereocenters. The molecule has 0 radical (unpaired) electrons. The van der Waals surface area contributed by atoms with Crippen LogP contribution in [0.4, 0.5) is 0 Å². The number of benzene rings is 1. The van der Waals surface area contributed by atoms with Crippen LogP contribution in [0.15, 0.2) is 36.4 Å². The summed E-state index contributed by atoms with van der Waals surface area (Å²) >= 11 is 6.12. The minimum Gasteiger partial charge on any atom is -0.480 e. The van der Waals surface area contributed by atoms with Crippen molar-refractivity contribution in [2.45, 2.75) is 18.9 Å². The van der Waals surface area contributed by atoms with E-state index in [0.29, 0.717) is 35.4 Å². The molecule has 0 N–H and O–H groups in total. The Labute approximate surface area is 145 Å². The van der Waals surface area contributed by atoms with Gasteiger partial charge in [-0.3, -0.25) is 4.79 Å². The van der Waals surface area contributed by atoms with Crippen LogP contribution in [0.2, 0.25) is 5.02 Å². The summed E-state index contributed by atoms with van der Waals surface area (Å²) in [5.74, 6) is 0.782. The van der Waals surface area contributed by atoms with Gasteiger partial charge in [0.2, 0.25) is 11.8 Å². The summed E-state index contributed by atoms with van der Waals surface area (Å²) in [5.41, 5.74) is 0.518. The van der Waals surface area contributed by atoms with Crippen LogP contribution in [0.5, 0.6) is 11.8 Å². The topological polar surface area (TPSA) is 64.6 Å². The van der Waals surface area contributed by atoms with E-state index in [2.05, 4.69) is 10.2 Å². The molecule has 0 bridgehead atoms. The first kappa shape index (κ1) is 16.5. The fourth-order valence-electron chi connectivity index (χ4n) is 2.67. The van der Waals surface area contributed by atoms with Crippen LogP contribution in [-0.4, -0.2) is 47.3 Å². The molecule has 0 aliphatic carbocycles. The van der Waals surface area contributed by atoms with Crippen molar-refractivity contribution in [3.63, 3.8) is 0 Å². The third-order valence-electron chi connectivity index (χ3n) is 3.88. The Hall–Kier alpha value is -2.34. The minimum atomic E-state index is -0.118. The molecule has 3 rings (SSSR count). The average Bonchev–Trinajstić information content (AvgIpc) is 2.62. The van der Waals surface area contributed by atoms with Crippen LogP contribution in [0.25, 0.3) is 0 Å². The Kier molecular flexibility index (Phi) is 5.15. The Morgan fingerprint density at radius 2 is 1.96 bits per heavy atom. The van der Waals surface area contributed by atoms with E-state index in [1.165, 1.54) is 7.11 Å². The Bertz CT molecular complexity index is 708. The van der Waals surface area contributed by atoms with Crippen molar-refractivity contribution < 1.29 is 14.3 Å². The molecule has 1 aromatic heterocycles. The van der Waals surface area contributed by atoms with Gasteiger partial charge in [-0.15, -0.1) is 10.2 Å². The number of hydrogen-bond acceptors (Lipinski definition) is 5. The van der Waals surface area contributed by atoms with Gasteiger partial charge in [-0.2, -0.15) is 0 Å². The first-order chi connectivity index (χ1) is 11.7. The van der Waals surface area contributed by atoms with Gasteiger partial charge >= 0.3 is 0 Å². The van der Waals surface area contributed by atoms with Crippen molar-refractivity contribution in [1.29, 1.82) is 0 Å². The summed E-state index contributed by atoms with van der Waals surface area (Å²) in [5, 5.41) is 8.31. The molecule has 1 aromatic carbocycles. The maximum Gasteiger partial charge on any atom is 0.255 e. The van der Waals surface area contributed by atoms with E-state index in [-0.39, 0.29) is 12.0 Å². The largest absolute Gasteiger partial charge is 0.480 e. The molecule has 1 saturated heterocycles. The fraction of sp³-hybridized carbons (Fsp3) is 0.353. The first-order valence-electron chi connectivity index (χ1n) is 7.75. The third kappa shape index (κ3) is 3.76. The summed E-state index contributed by atoms with van der Waals surface area (Å²) in [4.78, 5) is 14.4. The van der Waals surface area contributed by atoms with Crippen LogP contribution in [0, 0.1) is 0 Å².